The lowest BCUT2D eigenvalue weighted by Gasteiger charge is -2.01. The van der Waals surface area contributed by atoms with Gasteiger partial charge in [-0.2, -0.15) is 0 Å². The van der Waals surface area contributed by atoms with Gasteiger partial charge in [0.05, 0.1) is 12.7 Å². The van der Waals surface area contributed by atoms with E-state index in [1.165, 1.54) is 7.11 Å². The Hall–Kier alpha value is -0.990. The summed E-state index contributed by atoms with van der Waals surface area (Å²) in [5.74, 6) is -0.0136. The monoisotopic (exact) mass is 156 g/mol. The summed E-state index contributed by atoms with van der Waals surface area (Å²) in [7, 11) is 1.31. The van der Waals surface area contributed by atoms with Crippen molar-refractivity contribution in [1.29, 1.82) is 0 Å². The maximum absolute atomic E-state index is 10.8. The molecule has 0 radical (unpaired) electrons. The number of ether oxygens (including phenoxy) is 1. The van der Waals surface area contributed by atoms with Gasteiger partial charge in [-0.25, -0.2) is 4.79 Å². The number of allylic oxidation sites excluding steroid dienone is 1. The number of aliphatic hydroxyl groups excluding tert-OH is 1. The summed E-state index contributed by atoms with van der Waals surface area (Å²) in [5.41, 5.74) is 0.343. The van der Waals surface area contributed by atoms with Crippen LogP contribution in [0.1, 0.15) is 19.8 Å². The van der Waals surface area contributed by atoms with Crippen molar-refractivity contribution < 1.29 is 14.6 Å². The maximum Gasteiger partial charge on any atom is 0.336 e. The van der Waals surface area contributed by atoms with Gasteiger partial charge in [-0.15, -0.1) is 0 Å². The number of hydrogen-bond donors (Lipinski definition) is 1. The van der Waals surface area contributed by atoms with Gasteiger partial charge in [0.1, 0.15) is 5.76 Å². The molecule has 0 atom stereocenters. The Bertz CT molecular complexity index is 201. The third-order valence-electron chi connectivity index (χ3n) is 1.84. The average Bonchev–Trinajstić information content (AvgIpc) is 2.82. The van der Waals surface area contributed by atoms with Gasteiger partial charge in [0.2, 0.25) is 0 Å². The molecule has 1 aliphatic rings. The van der Waals surface area contributed by atoms with Crippen molar-refractivity contribution in [1.82, 2.24) is 0 Å². The second-order valence-electron chi connectivity index (χ2n) is 2.78. The smallest absolute Gasteiger partial charge is 0.336 e. The molecule has 0 saturated heterocycles. The van der Waals surface area contributed by atoms with Gasteiger partial charge in [-0.1, -0.05) is 0 Å². The van der Waals surface area contributed by atoms with E-state index in [0.717, 1.165) is 12.8 Å². The van der Waals surface area contributed by atoms with Crippen LogP contribution in [0.3, 0.4) is 0 Å². The highest BCUT2D eigenvalue weighted by Gasteiger charge is 2.29. The summed E-state index contributed by atoms with van der Waals surface area (Å²) < 4.78 is 4.45. The first-order valence-corrected chi connectivity index (χ1v) is 3.65. The molecule has 0 amide bonds. The molecule has 0 heterocycles. The topological polar surface area (TPSA) is 46.5 Å². The summed E-state index contributed by atoms with van der Waals surface area (Å²) in [4.78, 5) is 10.8. The molecule has 62 valence electrons. The van der Waals surface area contributed by atoms with Crippen LogP contribution in [0.4, 0.5) is 0 Å². The predicted octanol–water partition coefficient (Wildman–Crippen LogP) is 1.40. The van der Waals surface area contributed by atoms with E-state index in [4.69, 9.17) is 0 Å². The Balaban J connectivity index is 2.67. The number of carbonyl (C=O) groups excluding carboxylic acids is 1. The van der Waals surface area contributed by atoms with Crippen LogP contribution in [-0.4, -0.2) is 18.2 Å². The highest BCUT2D eigenvalue weighted by Crippen LogP contribution is 2.36. The van der Waals surface area contributed by atoms with Gasteiger partial charge in [-0.3, -0.25) is 0 Å². The first-order valence-electron chi connectivity index (χ1n) is 3.65. The molecule has 1 fully saturated rings. The molecular weight excluding hydrogens is 144 g/mol. The number of methoxy groups -OCH3 is 1. The Morgan fingerprint density at radius 3 is 2.45 bits per heavy atom. The van der Waals surface area contributed by atoms with Gasteiger partial charge in [0, 0.05) is 5.92 Å². The third-order valence-corrected chi connectivity index (χ3v) is 1.84. The van der Waals surface area contributed by atoms with Crippen molar-refractivity contribution in [2.24, 2.45) is 5.92 Å². The maximum atomic E-state index is 10.8. The minimum absolute atomic E-state index is 0.205. The van der Waals surface area contributed by atoms with Crippen molar-refractivity contribution in [3.63, 3.8) is 0 Å². The quantitative estimate of drug-likeness (QED) is 0.373. The lowest BCUT2D eigenvalue weighted by atomic mass is 10.2. The van der Waals surface area contributed by atoms with E-state index in [2.05, 4.69) is 4.74 Å². The van der Waals surface area contributed by atoms with E-state index < -0.39 is 5.97 Å². The second-order valence-corrected chi connectivity index (χ2v) is 2.78. The van der Waals surface area contributed by atoms with E-state index in [1.54, 1.807) is 6.92 Å². The Morgan fingerprint density at radius 1 is 1.55 bits per heavy atom. The Morgan fingerprint density at radius 2 is 2.09 bits per heavy atom. The van der Waals surface area contributed by atoms with Crippen LogP contribution in [-0.2, 0) is 9.53 Å². The van der Waals surface area contributed by atoms with Gasteiger partial charge < -0.3 is 9.84 Å². The fourth-order valence-electron chi connectivity index (χ4n) is 0.921. The average molecular weight is 156 g/mol. The van der Waals surface area contributed by atoms with E-state index in [-0.39, 0.29) is 11.7 Å². The summed E-state index contributed by atoms with van der Waals surface area (Å²) in [5, 5.41) is 9.34. The van der Waals surface area contributed by atoms with Crippen LogP contribution >= 0.6 is 0 Å². The minimum atomic E-state index is -0.436. The SMILES string of the molecule is COC(=O)/C(C)=C(/O)C1CC1. The third kappa shape index (κ3) is 1.73. The molecule has 0 aromatic heterocycles. The van der Waals surface area contributed by atoms with Crippen molar-refractivity contribution in [2.45, 2.75) is 19.8 Å². The van der Waals surface area contributed by atoms with Crippen molar-refractivity contribution >= 4 is 5.97 Å². The van der Waals surface area contributed by atoms with Gasteiger partial charge in [-0.05, 0) is 19.8 Å². The van der Waals surface area contributed by atoms with Crippen LogP contribution in [0.2, 0.25) is 0 Å². The highest BCUT2D eigenvalue weighted by atomic mass is 16.5. The van der Waals surface area contributed by atoms with Crippen molar-refractivity contribution in [3.8, 4) is 0 Å². The standard InChI is InChI=1S/C8H12O3/c1-5(8(10)11-2)7(9)6-3-4-6/h6,9H,3-4H2,1-2H3/b7-5+. The molecule has 1 aliphatic carbocycles. The first-order chi connectivity index (χ1) is 5.16. The molecule has 0 spiro atoms. The zero-order valence-corrected chi connectivity index (χ0v) is 6.76. The van der Waals surface area contributed by atoms with Crippen molar-refractivity contribution in [3.05, 3.63) is 11.3 Å². The normalized spacial score (nSPS) is 19.1. The summed E-state index contributed by atoms with van der Waals surface area (Å²) in [6.07, 6.45) is 1.97. The van der Waals surface area contributed by atoms with Crippen LogP contribution in [0.25, 0.3) is 0 Å². The van der Waals surface area contributed by atoms with Crippen LogP contribution in [0.5, 0.6) is 0 Å². The summed E-state index contributed by atoms with van der Waals surface area (Å²) in [6, 6.07) is 0. The van der Waals surface area contributed by atoms with E-state index in [9.17, 15) is 9.90 Å². The molecule has 0 aliphatic heterocycles. The van der Waals surface area contributed by atoms with Crippen molar-refractivity contribution in [2.75, 3.05) is 7.11 Å². The number of hydrogen-bond acceptors (Lipinski definition) is 3. The fourth-order valence-corrected chi connectivity index (χ4v) is 0.921. The molecule has 1 saturated carbocycles. The molecule has 3 heteroatoms. The lowest BCUT2D eigenvalue weighted by Crippen LogP contribution is -2.05. The second kappa shape index (κ2) is 2.95. The lowest BCUT2D eigenvalue weighted by molar-refractivity contribution is -0.136. The van der Waals surface area contributed by atoms with Gasteiger partial charge in [0.15, 0.2) is 0 Å². The molecular formula is C8H12O3. The van der Waals surface area contributed by atoms with Gasteiger partial charge in [0.25, 0.3) is 0 Å². The minimum Gasteiger partial charge on any atom is -0.511 e. The fraction of sp³-hybridized carbons (Fsp3) is 0.625. The zero-order chi connectivity index (χ0) is 8.43. The molecule has 3 nitrogen and oxygen atoms in total. The molecule has 0 unspecified atom stereocenters. The number of aliphatic hydroxyl groups is 1. The Labute approximate surface area is 65.7 Å². The Kier molecular flexibility index (Phi) is 2.17. The number of rotatable bonds is 2. The number of esters is 1. The van der Waals surface area contributed by atoms with Gasteiger partial charge >= 0.3 is 5.97 Å². The van der Waals surface area contributed by atoms with E-state index >= 15 is 0 Å². The molecule has 1 N–H and O–H groups in total. The van der Waals surface area contributed by atoms with Crippen LogP contribution in [0.15, 0.2) is 11.3 Å². The summed E-state index contributed by atoms with van der Waals surface area (Å²) >= 11 is 0. The molecule has 11 heavy (non-hydrogen) atoms. The van der Waals surface area contributed by atoms with E-state index in [1.807, 2.05) is 0 Å². The summed E-state index contributed by atoms with van der Waals surface area (Å²) in [6.45, 7) is 1.58. The highest BCUT2D eigenvalue weighted by molar-refractivity contribution is 5.88. The van der Waals surface area contributed by atoms with E-state index in [0.29, 0.717) is 5.57 Å². The molecule has 0 bridgehead atoms. The molecule has 0 aromatic carbocycles. The number of carbonyl (C=O) groups is 1. The molecule has 0 aromatic rings. The largest absolute Gasteiger partial charge is 0.511 e. The molecule has 1 rings (SSSR count). The van der Waals surface area contributed by atoms with Crippen LogP contribution < -0.4 is 0 Å². The first kappa shape index (κ1) is 8.11. The predicted molar refractivity (Wildman–Crippen MR) is 40.1 cm³/mol. The van der Waals surface area contributed by atoms with Crippen LogP contribution in [0, 0.1) is 5.92 Å². The zero-order valence-electron chi connectivity index (χ0n) is 6.76.